The predicted molar refractivity (Wildman–Crippen MR) is 130 cm³/mol. The van der Waals surface area contributed by atoms with Gasteiger partial charge in [-0.25, -0.2) is 4.79 Å². The summed E-state index contributed by atoms with van der Waals surface area (Å²) >= 11 is 13.6. The Morgan fingerprint density at radius 3 is 2.41 bits per heavy atom. The van der Waals surface area contributed by atoms with Crippen molar-refractivity contribution in [1.29, 1.82) is 0 Å². The molecule has 1 aliphatic heterocycles. The quantitative estimate of drug-likeness (QED) is 0.436. The Labute approximate surface area is 210 Å². The summed E-state index contributed by atoms with van der Waals surface area (Å²) in [6.07, 6.45) is -0.0782. The lowest BCUT2D eigenvalue weighted by atomic mass is 9.85. The molecule has 3 atom stereocenters. The van der Waals surface area contributed by atoms with Crippen LogP contribution >= 0.6 is 34.5 Å². The topological polar surface area (TPSA) is 83.9 Å². The first-order chi connectivity index (χ1) is 16.3. The van der Waals surface area contributed by atoms with Gasteiger partial charge in [-0.1, -0.05) is 59.6 Å². The van der Waals surface area contributed by atoms with Crippen molar-refractivity contribution in [2.45, 2.75) is 24.4 Å². The molecular formula is C25H21Cl2NO5S. The molecule has 0 saturated carbocycles. The minimum absolute atomic E-state index is 0.0194. The van der Waals surface area contributed by atoms with Crippen molar-refractivity contribution in [2.75, 3.05) is 7.11 Å². The summed E-state index contributed by atoms with van der Waals surface area (Å²) in [7, 11) is 1.26. The van der Waals surface area contributed by atoms with Crippen molar-refractivity contribution in [3.05, 3.63) is 92.1 Å². The van der Waals surface area contributed by atoms with Crippen LogP contribution in [0.5, 0.6) is 0 Å². The molecule has 3 unspecified atom stereocenters. The Kier molecular flexibility index (Phi) is 6.98. The number of benzene rings is 2. The molecule has 1 aromatic heterocycles. The molecule has 2 heterocycles. The van der Waals surface area contributed by atoms with Gasteiger partial charge in [0.2, 0.25) is 0 Å². The molecule has 0 bridgehead atoms. The second kappa shape index (κ2) is 9.78. The van der Waals surface area contributed by atoms with Crippen LogP contribution in [0.25, 0.3) is 0 Å². The number of esters is 1. The molecule has 1 N–H and O–H groups in total. The van der Waals surface area contributed by atoms with E-state index >= 15 is 0 Å². The summed E-state index contributed by atoms with van der Waals surface area (Å²) in [5.41, 5.74) is -0.787. The van der Waals surface area contributed by atoms with Crippen molar-refractivity contribution in [2.24, 2.45) is 5.92 Å². The van der Waals surface area contributed by atoms with Crippen LogP contribution in [-0.4, -0.2) is 40.5 Å². The smallest absolute Gasteiger partial charge is 0.330 e. The van der Waals surface area contributed by atoms with Crippen LogP contribution in [0.3, 0.4) is 0 Å². The number of hydrogen-bond donors (Lipinski definition) is 1. The van der Waals surface area contributed by atoms with Gasteiger partial charge in [-0.3, -0.25) is 9.59 Å². The maximum atomic E-state index is 14.0. The van der Waals surface area contributed by atoms with E-state index in [1.807, 2.05) is 11.4 Å². The second-order valence-corrected chi connectivity index (χ2v) is 9.89. The van der Waals surface area contributed by atoms with Crippen LogP contribution in [0.1, 0.15) is 33.3 Å². The molecule has 1 saturated heterocycles. The maximum Gasteiger partial charge on any atom is 0.330 e. The number of carbonyl (C=O) groups is 3. The molecule has 9 heteroatoms. The Morgan fingerprint density at radius 1 is 1.09 bits per heavy atom. The SMILES string of the molecule is COC(=O)C1CC(Cc2ccccc2)(C(=O)O)N(C(=O)c2ccc(Cl)c(Cl)c2)C1c1cccs1. The highest BCUT2D eigenvalue weighted by Gasteiger charge is 2.61. The van der Waals surface area contributed by atoms with E-state index in [1.165, 1.54) is 41.5 Å². The highest BCUT2D eigenvalue weighted by atomic mass is 35.5. The first-order valence-electron chi connectivity index (χ1n) is 10.5. The van der Waals surface area contributed by atoms with Crippen molar-refractivity contribution < 1.29 is 24.2 Å². The number of hydrogen-bond acceptors (Lipinski definition) is 5. The van der Waals surface area contributed by atoms with Gasteiger partial charge in [0, 0.05) is 16.9 Å². The van der Waals surface area contributed by atoms with E-state index < -0.39 is 35.3 Å². The monoisotopic (exact) mass is 517 g/mol. The Balaban J connectivity index is 1.93. The molecule has 2 aromatic carbocycles. The van der Waals surface area contributed by atoms with E-state index in [2.05, 4.69) is 0 Å². The molecular weight excluding hydrogens is 497 g/mol. The number of methoxy groups -OCH3 is 1. The van der Waals surface area contributed by atoms with E-state index in [9.17, 15) is 19.5 Å². The minimum Gasteiger partial charge on any atom is -0.479 e. The van der Waals surface area contributed by atoms with Crippen molar-refractivity contribution >= 4 is 52.4 Å². The Bertz CT molecular complexity index is 1220. The zero-order valence-electron chi connectivity index (χ0n) is 18.1. The lowest BCUT2D eigenvalue weighted by Crippen LogP contribution is -2.55. The summed E-state index contributed by atoms with van der Waals surface area (Å²) in [6.45, 7) is 0. The van der Waals surface area contributed by atoms with E-state index in [-0.39, 0.29) is 28.5 Å². The number of likely N-dealkylation sites (tertiary alicyclic amines) is 1. The number of rotatable bonds is 6. The second-order valence-electron chi connectivity index (χ2n) is 8.10. The molecule has 1 amide bonds. The minimum atomic E-state index is -1.70. The fraction of sp³-hybridized carbons (Fsp3) is 0.240. The number of ether oxygens (including phenoxy) is 1. The maximum absolute atomic E-state index is 14.0. The number of carboxylic acid groups (broad SMARTS) is 1. The number of aliphatic carboxylic acids is 1. The first kappa shape index (κ1) is 24.3. The van der Waals surface area contributed by atoms with Gasteiger partial charge in [-0.15, -0.1) is 11.3 Å². The van der Waals surface area contributed by atoms with Crippen molar-refractivity contribution in [3.63, 3.8) is 0 Å². The average molecular weight is 518 g/mol. The molecule has 3 aromatic rings. The summed E-state index contributed by atoms with van der Waals surface area (Å²) in [5.74, 6) is -3.18. The van der Waals surface area contributed by atoms with E-state index in [0.717, 1.165) is 5.56 Å². The first-order valence-corrected chi connectivity index (χ1v) is 12.1. The number of thiophene rings is 1. The van der Waals surface area contributed by atoms with E-state index in [1.54, 1.807) is 36.4 Å². The molecule has 0 aliphatic carbocycles. The zero-order valence-corrected chi connectivity index (χ0v) is 20.4. The highest BCUT2D eigenvalue weighted by Crippen LogP contribution is 2.51. The summed E-state index contributed by atoms with van der Waals surface area (Å²) < 4.78 is 5.05. The molecule has 176 valence electrons. The van der Waals surface area contributed by atoms with Gasteiger partial charge in [0.05, 0.1) is 29.1 Å². The van der Waals surface area contributed by atoms with Crippen LogP contribution in [-0.2, 0) is 20.7 Å². The number of carboxylic acids is 1. The van der Waals surface area contributed by atoms with Crippen molar-refractivity contribution in [1.82, 2.24) is 4.90 Å². The third kappa shape index (κ3) is 4.31. The predicted octanol–water partition coefficient (Wildman–Crippen LogP) is 5.50. The van der Waals surface area contributed by atoms with Crippen molar-refractivity contribution in [3.8, 4) is 0 Å². The summed E-state index contributed by atoms with van der Waals surface area (Å²) in [6, 6.07) is 16.2. The van der Waals surface area contributed by atoms with Gasteiger partial charge >= 0.3 is 11.9 Å². The van der Waals surface area contributed by atoms with Crippen LogP contribution < -0.4 is 0 Å². The van der Waals surface area contributed by atoms with E-state index in [0.29, 0.717) is 4.88 Å². The Hall–Kier alpha value is -2.87. The van der Waals surface area contributed by atoms with Crippen LogP contribution in [0.4, 0.5) is 0 Å². The summed E-state index contributed by atoms with van der Waals surface area (Å²) in [5, 5.41) is 12.9. The van der Waals surface area contributed by atoms with E-state index in [4.69, 9.17) is 27.9 Å². The number of halogens is 2. The third-order valence-electron chi connectivity index (χ3n) is 6.14. The molecule has 4 rings (SSSR count). The zero-order chi connectivity index (χ0) is 24.5. The third-order valence-corrected chi connectivity index (χ3v) is 7.82. The van der Waals surface area contributed by atoms with Gasteiger partial charge in [-0.05, 0) is 41.6 Å². The van der Waals surface area contributed by atoms with Crippen LogP contribution in [0.2, 0.25) is 10.0 Å². The fourth-order valence-electron chi connectivity index (χ4n) is 4.61. The normalized spacial score (nSPS) is 21.9. The van der Waals surface area contributed by atoms with Gasteiger partial charge in [0.1, 0.15) is 5.54 Å². The van der Waals surface area contributed by atoms with Crippen LogP contribution in [0.15, 0.2) is 66.0 Å². The number of carbonyl (C=O) groups excluding carboxylic acids is 2. The summed E-state index contributed by atoms with van der Waals surface area (Å²) in [4.78, 5) is 41.9. The average Bonchev–Trinajstić information content (AvgIpc) is 3.47. The highest BCUT2D eigenvalue weighted by molar-refractivity contribution is 7.10. The van der Waals surface area contributed by atoms with Gasteiger partial charge in [0.25, 0.3) is 5.91 Å². The lowest BCUT2D eigenvalue weighted by Gasteiger charge is -2.38. The van der Waals surface area contributed by atoms with Gasteiger partial charge < -0.3 is 14.7 Å². The molecule has 1 fully saturated rings. The van der Waals surface area contributed by atoms with Gasteiger partial charge in [0.15, 0.2) is 0 Å². The molecule has 0 spiro atoms. The standard InChI is InChI=1S/C25H21Cl2NO5S/c1-33-23(30)17-14-25(24(31)32,13-15-6-3-2-4-7-15)28(21(17)20-8-5-11-34-20)22(29)16-9-10-18(26)19(27)12-16/h2-12,17,21H,13-14H2,1H3,(H,31,32). The van der Waals surface area contributed by atoms with Crippen LogP contribution in [0, 0.1) is 5.92 Å². The van der Waals surface area contributed by atoms with Gasteiger partial charge in [-0.2, -0.15) is 0 Å². The largest absolute Gasteiger partial charge is 0.479 e. The molecule has 34 heavy (non-hydrogen) atoms. The lowest BCUT2D eigenvalue weighted by molar-refractivity contribution is -0.149. The molecule has 0 radical (unpaired) electrons. The number of nitrogens with zero attached hydrogens (tertiary/aromatic N) is 1. The molecule has 1 aliphatic rings. The number of amides is 1. The fourth-order valence-corrected chi connectivity index (χ4v) is 5.79. The molecule has 6 nitrogen and oxygen atoms in total. The Morgan fingerprint density at radius 2 is 1.82 bits per heavy atom.